The normalized spacial score (nSPS) is 13.5. The number of carbonyl (C=O) groups excluding carboxylic acids is 2. The molecule has 0 spiro atoms. The van der Waals surface area contributed by atoms with Crippen LogP contribution in [0.1, 0.15) is 33.2 Å². The minimum Gasteiger partial charge on any atom is -0.492 e. The van der Waals surface area contributed by atoms with E-state index in [-0.39, 0.29) is 11.8 Å². The third kappa shape index (κ3) is 2.09. The average molecular weight is 281 g/mol. The number of hydrogen-bond acceptors (Lipinski definition) is 3. The standard InChI is InChI=1S/C17H15NO3/c1-3-21-15-10-11(2)8-9-14(15)18-16(19)12-6-4-5-7-13(12)17(18)20/h4-10H,3H2,1-2H3. The summed E-state index contributed by atoms with van der Waals surface area (Å²) >= 11 is 0. The van der Waals surface area contributed by atoms with Crippen molar-refractivity contribution in [2.24, 2.45) is 0 Å². The predicted octanol–water partition coefficient (Wildman–Crippen LogP) is 3.19. The summed E-state index contributed by atoms with van der Waals surface area (Å²) in [5.41, 5.74) is 2.38. The molecule has 0 N–H and O–H groups in total. The van der Waals surface area contributed by atoms with E-state index in [2.05, 4.69) is 0 Å². The van der Waals surface area contributed by atoms with Crippen LogP contribution >= 0.6 is 0 Å². The van der Waals surface area contributed by atoms with Crippen molar-refractivity contribution in [3.63, 3.8) is 0 Å². The number of ether oxygens (including phenoxy) is 1. The van der Waals surface area contributed by atoms with Gasteiger partial charge in [0.05, 0.1) is 23.4 Å². The zero-order valence-electron chi connectivity index (χ0n) is 11.9. The van der Waals surface area contributed by atoms with Crippen LogP contribution in [-0.2, 0) is 0 Å². The maximum Gasteiger partial charge on any atom is 0.266 e. The van der Waals surface area contributed by atoms with Gasteiger partial charge in [0, 0.05) is 0 Å². The first kappa shape index (κ1) is 13.4. The maximum absolute atomic E-state index is 12.5. The van der Waals surface area contributed by atoms with Crippen molar-refractivity contribution in [1.82, 2.24) is 0 Å². The molecule has 4 heteroatoms. The number of rotatable bonds is 3. The predicted molar refractivity (Wildman–Crippen MR) is 79.9 cm³/mol. The Labute approximate surface area is 123 Å². The van der Waals surface area contributed by atoms with Crippen LogP contribution in [0, 0.1) is 6.92 Å². The van der Waals surface area contributed by atoms with Crippen LogP contribution in [0.4, 0.5) is 5.69 Å². The second-order valence-electron chi connectivity index (χ2n) is 4.90. The molecule has 21 heavy (non-hydrogen) atoms. The lowest BCUT2D eigenvalue weighted by molar-refractivity contribution is 0.0925. The van der Waals surface area contributed by atoms with E-state index in [1.165, 1.54) is 4.90 Å². The molecule has 1 aliphatic rings. The number of hydrogen-bond donors (Lipinski definition) is 0. The summed E-state index contributed by atoms with van der Waals surface area (Å²) in [7, 11) is 0. The Morgan fingerprint density at radius 2 is 1.62 bits per heavy atom. The summed E-state index contributed by atoms with van der Waals surface area (Å²) in [6.45, 7) is 4.28. The SMILES string of the molecule is CCOc1cc(C)ccc1N1C(=O)c2ccccc2C1=O. The van der Waals surface area contributed by atoms with Gasteiger partial charge in [-0.05, 0) is 43.7 Å². The number of imide groups is 1. The topological polar surface area (TPSA) is 46.6 Å². The Balaban J connectivity index is 2.11. The van der Waals surface area contributed by atoms with E-state index in [1.54, 1.807) is 30.3 Å². The number of nitrogens with zero attached hydrogens (tertiary/aromatic N) is 1. The van der Waals surface area contributed by atoms with Gasteiger partial charge >= 0.3 is 0 Å². The van der Waals surface area contributed by atoms with Gasteiger partial charge in [-0.3, -0.25) is 9.59 Å². The summed E-state index contributed by atoms with van der Waals surface area (Å²) in [4.78, 5) is 26.2. The van der Waals surface area contributed by atoms with Gasteiger partial charge in [0.2, 0.25) is 0 Å². The third-order valence-corrected chi connectivity index (χ3v) is 3.45. The molecular weight excluding hydrogens is 266 g/mol. The van der Waals surface area contributed by atoms with Crippen molar-refractivity contribution in [3.8, 4) is 5.75 Å². The fourth-order valence-electron chi connectivity index (χ4n) is 2.49. The third-order valence-electron chi connectivity index (χ3n) is 3.45. The molecule has 2 aromatic carbocycles. The molecule has 2 aromatic rings. The number of carbonyl (C=O) groups is 2. The molecular formula is C17H15NO3. The van der Waals surface area contributed by atoms with Crippen LogP contribution in [0.15, 0.2) is 42.5 Å². The first-order chi connectivity index (χ1) is 10.1. The quantitative estimate of drug-likeness (QED) is 0.812. The number of anilines is 1. The molecule has 0 saturated heterocycles. The summed E-state index contributed by atoms with van der Waals surface area (Å²) in [5, 5.41) is 0. The second-order valence-corrected chi connectivity index (χ2v) is 4.90. The Morgan fingerprint density at radius 3 is 2.19 bits per heavy atom. The number of benzene rings is 2. The maximum atomic E-state index is 12.5. The highest BCUT2D eigenvalue weighted by Gasteiger charge is 2.37. The van der Waals surface area contributed by atoms with Crippen LogP contribution < -0.4 is 9.64 Å². The van der Waals surface area contributed by atoms with Crippen LogP contribution in [0.5, 0.6) is 5.75 Å². The molecule has 0 saturated carbocycles. The fourth-order valence-corrected chi connectivity index (χ4v) is 2.49. The molecule has 0 unspecified atom stereocenters. The Bertz CT molecular complexity index is 702. The van der Waals surface area contributed by atoms with Crippen LogP contribution in [0.3, 0.4) is 0 Å². The van der Waals surface area contributed by atoms with Crippen LogP contribution in [-0.4, -0.2) is 18.4 Å². The molecule has 1 aliphatic heterocycles. The van der Waals surface area contributed by atoms with Gasteiger partial charge in [0.15, 0.2) is 0 Å². The van der Waals surface area contributed by atoms with Gasteiger partial charge in [0.1, 0.15) is 5.75 Å². The lowest BCUT2D eigenvalue weighted by Gasteiger charge is -2.18. The lowest BCUT2D eigenvalue weighted by Crippen LogP contribution is -2.29. The van der Waals surface area contributed by atoms with E-state index in [0.29, 0.717) is 29.2 Å². The van der Waals surface area contributed by atoms with Crippen molar-refractivity contribution in [3.05, 3.63) is 59.2 Å². The van der Waals surface area contributed by atoms with Gasteiger partial charge in [-0.25, -0.2) is 4.90 Å². The van der Waals surface area contributed by atoms with Crippen molar-refractivity contribution in [1.29, 1.82) is 0 Å². The fraction of sp³-hybridized carbons (Fsp3) is 0.176. The Morgan fingerprint density at radius 1 is 1.00 bits per heavy atom. The lowest BCUT2D eigenvalue weighted by atomic mass is 10.1. The largest absolute Gasteiger partial charge is 0.492 e. The summed E-state index contributed by atoms with van der Waals surface area (Å²) < 4.78 is 5.58. The number of amides is 2. The molecule has 0 atom stereocenters. The molecule has 0 radical (unpaired) electrons. The van der Waals surface area contributed by atoms with Crippen LogP contribution in [0.25, 0.3) is 0 Å². The van der Waals surface area contributed by atoms with Gasteiger partial charge < -0.3 is 4.74 Å². The highest BCUT2D eigenvalue weighted by atomic mass is 16.5. The minimum absolute atomic E-state index is 0.305. The molecule has 0 fully saturated rings. The van der Waals surface area contributed by atoms with E-state index in [9.17, 15) is 9.59 Å². The molecule has 0 aromatic heterocycles. The van der Waals surface area contributed by atoms with Crippen molar-refractivity contribution >= 4 is 17.5 Å². The second kappa shape index (κ2) is 5.05. The number of aryl methyl sites for hydroxylation is 1. The summed E-state index contributed by atoms with van der Waals surface area (Å²) in [5.74, 6) is -0.0622. The van der Waals surface area contributed by atoms with E-state index in [4.69, 9.17) is 4.74 Å². The van der Waals surface area contributed by atoms with Gasteiger partial charge in [-0.1, -0.05) is 18.2 Å². The van der Waals surface area contributed by atoms with Crippen molar-refractivity contribution in [2.45, 2.75) is 13.8 Å². The molecule has 2 amide bonds. The van der Waals surface area contributed by atoms with E-state index in [1.807, 2.05) is 26.0 Å². The van der Waals surface area contributed by atoms with E-state index < -0.39 is 0 Å². The molecule has 4 nitrogen and oxygen atoms in total. The van der Waals surface area contributed by atoms with Crippen LogP contribution in [0.2, 0.25) is 0 Å². The monoisotopic (exact) mass is 281 g/mol. The molecule has 106 valence electrons. The smallest absolute Gasteiger partial charge is 0.266 e. The average Bonchev–Trinajstić information content (AvgIpc) is 2.73. The molecule has 3 rings (SSSR count). The van der Waals surface area contributed by atoms with E-state index >= 15 is 0 Å². The minimum atomic E-state index is -0.305. The highest BCUT2D eigenvalue weighted by molar-refractivity contribution is 6.34. The van der Waals surface area contributed by atoms with Gasteiger partial charge in [-0.2, -0.15) is 0 Å². The number of fused-ring (bicyclic) bond motifs is 1. The molecule has 1 heterocycles. The molecule has 0 aliphatic carbocycles. The molecule has 0 bridgehead atoms. The zero-order valence-corrected chi connectivity index (χ0v) is 11.9. The van der Waals surface area contributed by atoms with Gasteiger partial charge in [-0.15, -0.1) is 0 Å². The summed E-state index contributed by atoms with van der Waals surface area (Å²) in [6, 6.07) is 12.3. The van der Waals surface area contributed by atoms with Crippen molar-refractivity contribution in [2.75, 3.05) is 11.5 Å². The highest BCUT2D eigenvalue weighted by Crippen LogP contribution is 2.35. The zero-order chi connectivity index (χ0) is 15.0. The summed E-state index contributed by atoms with van der Waals surface area (Å²) in [6.07, 6.45) is 0. The van der Waals surface area contributed by atoms with E-state index in [0.717, 1.165) is 5.56 Å². The first-order valence-electron chi connectivity index (χ1n) is 6.84. The Hall–Kier alpha value is -2.62. The first-order valence-corrected chi connectivity index (χ1v) is 6.84. The Kier molecular flexibility index (Phi) is 3.22. The van der Waals surface area contributed by atoms with Crippen molar-refractivity contribution < 1.29 is 14.3 Å². The van der Waals surface area contributed by atoms with Gasteiger partial charge in [0.25, 0.3) is 11.8 Å².